The van der Waals surface area contributed by atoms with E-state index in [4.69, 9.17) is 16.6 Å². The summed E-state index contributed by atoms with van der Waals surface area (Å²) in [4.78, 5) is 34.5. The van der Waals surface area contributed by atoms with Gasteiger partial charge in [0, 0.05) is 28.0 Å². The van der Waals surface area contributed by atoms with Gasteiger partial charge in [-0.15, -0.1) is 0 Å². The van der Waals surface area contributed by atoms with Gasteiger partial charge in [0.2, 0.25) is 0 Å². The van der Waals surface area contributed by atoms with Crippen molar-refractivity contribution in [3.8, 4) is 11.1 Å². The second-order valence-corrected chi connectivity index (χ2v) is 8.69. The molecule has 0 spiro atoms. The van der Waals surface area contributed by atoms with Gasteiger partial charge in [-0.05, 0) is 54.6 Å². The molecule has 0 bridgehead atoms. The van der Waals surface area contributed by atoms with Gasteiger partial charge in [-0.2, -0.15) is 0 Å². The first-order valence-corrected chi connectivity index (χ1v) is 11.3. The van der Waals surface area contributed by atoms with E-state index in [9.17, 15) is 9.59 Å². The quantitative estimate of drug-likeness (QED) is 0.348. The number of halogens is 1. The lowest BCUT2D eigenvalue weighted by Gasteiger charge is -2.15. The molecule has 0 fully saturated rings. The molecule has 0 unspecified atom stereocenters. The molecule has 0 saturated carbocycles. The summed E-state index contributed by atoms with van der Waals surface area (Å²) in [5, 5.41) is 2.44. The molecule has 0 aliphatic heterocycles. The minimum Gasteiger partial charge on any atom is -0.321 e. The number of aromatic nitrogens is 3. The maximum atomic E-state index is 13.2. The lowest BCUT2D eigenvalue weighted by atomic mass is 10.0. The molecule has 1 N–H and O–H groups in total. The topological polar surface area (TPSA) is 67.8 Å². The minimum absolute atomic E-state index is 0.123. The molecule has 0 amide bonds. The van der Waals surface area contributed by atoms with E-state index < -0.39 is 0 Å². The third-order valence-electron chi connectivity index (χ3n) is 5.33. The van der Waals surface area contributed by atoms with Crippen molar-refractivity contribution in [3.63, 3.8) is 0 Å². The molecule has 2 heterocycles. The van der Waals surface area contributed by atoms with Crippen LogP contribution in [0, 0.1) is 0 Å². The van der Waals surface area contributed by atoms with E-state index in [-0.39, 0.29) is 11.1 Å². The van der Waals surface area contributed by atoms with Crippen LogP contribution >= 0.6 is 23.4 Å². The summed E-state index contributed by atoms with van der Waals surface area (Å²) >= 11 is 7.51. The highest BCUT2D eigenvalue weighted by Crippen LogP contribution is 2.38. The van der Waals surface area contributed by atoms with Crippen LogP contribution in [0.5, 0.6) is 0 Å². The molecule has 3 aromatic carbocycles. The van der Waals surface area contributed by atoms with Crippen LogP contribution in [-0.2, 0) is 6.54 Å². The summed E-state index contributed by atoms with van der Waals surface area (Å²) < 4.78 is 1.60. The van der Waals surface area contributed by atoms with Gasteiger partial charge >= 0.3 is 0 Å². The molecule has 0 saturated heterocycles. The Morgan fingerprint density at radius 3 is 2.50 bits per heavy atom. The monoisotopic (exact) mass is 459 g/mol. The fourth-order valence-electron chi connectivity index (χ4n) is 3.83. The van der Waals surface area contributed by atoms with Crippen LogP contribution in [0.1, 0.15) is 6.92 Å². The van der Waals surface area contributed by atoms with Crippen molar-refractivity contribution in [2.45, 2.75) is 23.5 Å². The van der Waals surface area contributed by atoms with Gasteiger partial charge in [0.15, 0.2) is 5.16 Å². The van der Waals surface area contributed by atoms with Crippen molar-refractivity contribution in [2.75, 3.05) is 0 Å². The van der Waals surface area contributed by atoms with Crippen LogP contribution < -0.4 is 11.1 Å². The van der Waals surface area contributed by atoms with Gasteiger partial charge in [-0.1, -0.05) is 54.1 Å². The average Bonchev–Trinajstić information content (AvgIpc) is 2.81. The Balaban J connectivity index is 1.82. The van der Waals surface area contributed by atoms with E-state index in [1.54, 1.807) is 22.8 Å². The Morgan fingerprint density at radius 1 is 0.969 bits per heavy atom. The summed E-state index contributed by atoms with van der Waals surface area (Å²) in [5.41, 5.74) is 2.59. The Morgan fingerprint density at radius 2 is 1.72 bits per heavy atom. The Labute approximate surface area is 192 Å². The van der Waals surface area contributed by atoms with Crippen LogP contribution in [0.25, 0.3) is 32.9 Å². The van der Waals surface area contributed by atoms with Crippen molar-refractivity contribution in [1.82, 2.24) is 14.5 Å². The molecule has 0 aliphatic rings. The third kappa shape index (κ3) is 3.51. The maximum absolute atomic E-state index is 13.2. The van der Waals surface area contributed by atoms with E-state index in [0.29, 0.717) is 38.0 Å². The van der Waals surface area contributed by atoms with Crippen molar-refractivity contribution in [3.05, 3.63) is 98.5 Å². The van der Waals surface area contributed by atoms with Crippen LogP contribution in [0.3, 0.4) is 0 Å². The third-order valence-corrected chi connectivity index (χ3v) is 6.65. The SMILES string of the molecule is CCn1c(Sc2c(-c3ccccc3)c3cc(Cl)ccc3[nH]c2=O)nc2ccccc2c1=O. The van der Waals surface area contributed by atoms with Crippen molar-refractivity contribution in [1.29, 1.82) is 0 Å². The highest BCUT2D eigenvalue weighted by atomic mass is 35.5. The second kappa shape index (κ2) is 8.30. The Kier molecular flexibility index (Phi) is 5.33. The smallest absolute Gasteiger partial charge is 0.263 e. The molecular weight excluding hydrogens is 442 g/mol. The predicted octanol–water partition coefficient (Wildman–Crippen LogP) is 5.73. The van der Waals surface area contributed by atoms with Gasteiger partial charge in [-0.3, -0.25) is 14.2 Å². The number of hydrogen-bond donors (Lipinski definition) is 1. The number of para-hydroxylation sites is 1. The number of nitrogens with one attached hydrogen (secondary N) is 1. The minimum atomic E-state index is -0.242. The predicted molar refractivity (Wildman–Crippen MR) is 131 cm³/mol. The Bertz CT molecular complexity index is 1590. The molecule has 5 nitrogen and oxygen atoms in total. The molecule has 0 radical (unpaired) electrons. The second-order valence-electron chi connectivity index (χ2n) is 7.28. The number of benzene rings is 3. The van der Waals surface area contributed by atoms with Crippen LogP contribution in [0.4, 0.5) is 0 Å². The lowest BCUT2D eigenvalue weighted by molar-refractivity contribution is 0.634. The van der Waals surface area contributed by atoms with Crippen molar-refractivity contribution >= 4 is 45.2 Å². The van der Waals surface area contributed by atoms with Gasteiger partial charge in [0.05, 0.1) is 15.8 Å². The number of pyridine rings is 1. The lowest BCUT2D eigenvalue weighted by Crippen LogP contribution is -2.23. The summed E-state index contributed by atoms with van der Waals surface area (Å²) in [6.45, 7) is 2.33. The first kappa shape index (κ1) is 20.5. The molecule has 0 atom stereocenters. The van der Waals surface area contributed by atoms with Crippen molar-refractivity contribution < 1.29 is 0 Å². The molecule has 32 heavy (non-hydrogen) atoms. The van der Waals surface area contributed by atoms with Gasteiger partial charge < -0.3 is 4.98 Å². The van der Waals surface area contributed by atoms with Crippen LogP contribution in [0.2, 0.25) is 5.02 Å². The summed E-state index contributed by atoms with van der Waals surface area (Å²) in [7, 11) is 0. The zero-order chi connectivity index (χ0) is 22.2. The first-order chi connectivity index (χ1) is 15.6. The number of aromatic amines is 1. The number of rotatable bonds is 4. The largest absolute Gasteiger partial charge is 0.321 e. The zero-order valence-electron chi connectivity index (χ0n) is 17.1. The fourth-order valence-corrected chi connectivity index (χ4v) is 5.13. The van der Waals surface area contributed by atoms with E-state index in [2.05, 4.69) is 4.98 Å². The fraction of sp³-hybridized carbons (Fsp3) is 0.0800. The number of hydrogen-bond acceptors (Lipinski definition) is 4. The molecule has 158 valence electrons. The summed E-state index contributed by atoms with van der Waals surface area (Å²) in [6.07, 6.45) is 0. The average molecular weight is 460 g/mol. The van der Waals surface area contributed by atoms with Gasteiger partial charge in [-0.25, -0.2) is 4.98 Å². The van der Waals surface area contributed by atoms with Crippen molar-refractivity contribution in [2.24, 2.45) is 0 Å². The number of fused-ring (bicyclic) bond motifs is 2. The summed E-state index contributed by atoms with van der Waals surface area (Å²) in [6, 6.07) is 22.3. The van der Waals surface area contributed by atoms with Gasteiger partial charge in [0.25, 0.3) is 11.1 Å². The van der Waals surface area contributed by atoms with E-state index in [1.165, 1.54) is 11.8 Å². The van der Waals surface area contributed by atoms with Gasteiger partial charge in [0.1, 0.15) is 0 Å². The molecular formula is C25H18ClN3O2S. The highest BCUT2D eigenvalue weighted by molar-refractivity contribution is 7.99. The molecule has 0 aliphatic carbocycles. The molecule has 7 heteroatoms. The molecule has 2 aromatic heterocycles. The number of H-pyrrole nitrogens is 1. The summed E-state index contributed by atoms with van der Waals surface area (Å²) in [5.74, 6) is 0. The van der Waals surface area contributed by atoms with E-state index >= 15 is 0 Å². The maximum Gasteiger partial charge on any atom is 0.263 e. The van der Waals surface area contributed by atoms with E-state index in [1.807, 2.05) is 61.5 Å². The van der Waals surface area contributed by atoms with Crippen LogP contribution in [0.15, 0.2) is 92.4 Å². The van der Waals surface area contributed by atoms with Crippen LogP contribution in [-0.4, -0.2) is 14.5 Å². The highest BCUT2D eigenvalue weighted by Gasteiger charge is 2.19. The molecule has 5 rings (SSSR count). The number of nitrogens with zero attached hydrogens (tertiary/aromatic N) is 2. The zero-order valence-corrected chi connectivity index (χ0v) is 18.7. The standard InChI is InChI=1S/C25H18ClN3O2S/c1-2-29-24(31)17-10-6-7-11-19(17)28-25(29)32-22-21(15-8-4-3-5-9-15)18-14-16(26)12-13-20(18)27-23(22)30/h3-14H,2H2,1H3,(H,27,30). The molecule has 5 aromatic rings. The first-order valence-electron chi connectivity index (χ1n) is 10.1. The normalized spacial score (nSPS) is 11.3. The van der Waals surface area contributed by atoms with E-state index in [0.717, 1.165) is 16.5 Å². The Hall–Kier alpha value is -3.35.